The molecule has 0 heterocycles. The molecule has 0 saturated carbocycles. The number of hydrogen-bond acceptors (Lipinski definition) is 2. The van der Waals surface area contributed by atoms with Crippen LogP contribution in [0.5, 0.6) is 0 Å². The predicted molar refractivity (Wildman–Crippen MR) is 31.2 cm³/mol. The highest BCUT2D eigenvalue weighted by molar-refractivity contribution is 9.11. The molecular weight excluding hydrogens is 160 g/mol. The number of hydrogen-bond donors (Lipinski definition) is 2. The monoisotopic (exact) mass is 166 g/mol. The molecule has 42 valence electrons. The van der Waals surface area contributed by atoms with Crippen molar-refractivity contribution in [3.63, 3.8) is 0 Å². The Morgan fingerprint density at radius 1 is 1.57 bits per heavy atom. The van der Waals surface area contributed by atoms with E-state index in [9.17, 15) is 0 Å². The molecule has 0 atom stereocenters. The van der Waals surface area contributed by atoms with Gasteiger partial charge in [0.1, 0.15) is 0 Å². The van der Waals surface area contributed by atoms with Crippen LogP contribution in [0.1, 0.15) is 0 Å². The van der Waals surface area contributed by atoms with E-state index >= 15 is 0 Å². The van der Waals surface area contributed by atoms with E-state index in [1.165, 1.54) is 6.08 Å². The summed E-state index contributed by atoms with van der Waals surface area (Å²) in [6, 6.07) is 0. The Hall–Kier alpha value is 0.140. The summed E-state index contributed by atoms with van der Waals surface area (Å²) in [5.41, 5.74) is 0. The van der Waals surface area contributed by atoms with E-state index in [-0.39, 0.29) is 13.2 Å². The Balaban J connectivity index is 3.29. The minimum atomic E-state index is -0.0411. The molecule has 7 heavy (non-hydrogen) atoms. The average molecular weight is 167 g/mol. The Morgan fingerprint density at radius 3 is 2.29 bits per heavy atom. The fourth-order valence-corrected chi connectivity index (χ4v) is 0.308. The molecule has 0 spiro atoms. The van der Waals surface area contributed by atoms with Gasteiger partial charge in [0.05, 0.1) is 13.2 Å². The molecule has 2 N–H and O–H groups in total. The first kappa shape index (κ1) is 7.14. The fraction of sp³-hybridized carbons (Fsp3) is 0.500. The van der Waals surface area contributed by atoms with Gasteiger partial charge in [-0.05, 0) is 6.08 Å². The first-order valence-electron chi connectivity index (χ1n) is 1.87. The summed E-state index contributed by atoms with van der Waals surface area (Å²) in [6.07, 6.45) is 1.49. The molecule has 0 fully saturated rings. The molecule has 0 rings (SSSR count). The molecule has 0 aromatic heterocycles. The summed E-state index contributed by atoms with van der Waals surface area (Å²) >= 11 is 2.99. The summed E-state index contributed by atoms with van der Waals surface area (Å²) in [6.45, 7) is -0.0678. The molecule has 0 radical (unpaired) electrons. The van der Waals surface area contributed by atoms with Crippen molar-refractivity contribution in [3.05, 3.63) is 10.6 Å². The fourth-order valence-electron chi connectivity index (χ4n) is 0.164. The summed E-state index contributed by atoms with van der Waals surface area (Å²) in [5, 5.41) is 16.4. The van der Waals surface area contributed by atoms with Crippen molar-refractivity contribution < 1.29 is 10.2 Å². The third kappa shape index (κ3) is 3.98. The maximum Gasteiger partial charge on any atom is 0.0744 e. The van der Waals surface area contributed by atoms with E-state index in [0.29, 0.717) is 4.48 Å². The quantitative estimate of drug-likeness (QED) is 0.618. The van der Waals surface area contributed by atoms with E-state index in [1.807, 2.05) is 0 Å². The van der Waals surface area contributed by atoms with Gasteiger partial charge in [-0.25, -0.2) is 0 Å². The molecule has 0 saturated heterocycles. The topological polar surface area (TPSA) is 40.5 Å². The second-order valence-electron chi connectivity index (χ2n) is 0.992. The maximum absolute atomic E-state index is 8.24. The zero-order valence-corrected chi connectivity index (χ0v) is 5.35. The third-order valence-electron chi connectivity index (χ3n) is 0.464. The lowest BCUT2D eigenvalue weighted by Crippen LogP contribution is -1.81. The minimum absolute atomic E-state index is 0.0266. The van der Waals surface area contributed by atoms with E-state index in [1.54, 1.807) is 0 Å². The van der Waals surface area contributed by atoms with Crippen molar-refractivity contribution in [1.82, 2.24) is 0 Å². The van der Waals surface area contributed by atoms with E-state index in [0.717, 1.165) is 0 Å². The van der Waals surface area contributed by atoms with Gasteiger partial charge >= 0.3 is 0 Å². The van der Waals surface area contributed by atoms with Crippen molar-refractivity contribution in [2.75, 3.05) is 13.2 Å². The highest BCUT2D eigenvalue weighted by Crippen LogP contribution is 1.99. The molecule has 0 aliphatic rings. The summed E-state index contributed by atoms with van der Waals surface area (Å²) in [4.78, 5) is 0. The van der Waals surface area contributed by atoms with Crippen LogP contribution in [0, 0.1) is 0 Å². The number of rotatable bonds is 2. The Morgan fingerprint density at radius 2 is 2.14 bits per heavy atom. The minimum Gasteiger partial charge on any atom is -0.392 e. The second kappa shape index (κ2) is 4.30. The van der Waals surface area contributed by atoms with Gasteiger partial charge in [-0.15, -0.1) is 0 Å². The van der Waals surface area contributed by atoms with Gasteiger partial charge in [-0.3, -0.25) is 0 Å². The van der Waals surface area contributed by atoms with Crippen LogP contribution in [-0.2, 0) is 0 Å². The van der Waals surface area contributed by atoms with Gasteiger partial charge < -0.3 is 10.2 Å². The van der Waals surface area contributed by atoms with Crippen LogP contribution < -0.4 is 0 Å². The predicted octanol–water partition coefficient (Wildman–Crippen LogP) is 0.250. The van der Waals surface area contributed by atoms with Crippen LogP contribution in [0.15, 0.2) is 10.6 Å². The highest BCUT2D eigenvalue weighted by Gasteiger charge is 1.81. The summed E-state index contributed by atoms with van der Waals surface area (Å²) in [5.74, 6) is 0. The van der Waals surface area contributed by atoms with Crippen LogP contribution in [0.3, 0.4) is 0 Å². The lowest BCUT2D eigenvalue weighted by Gasteiger charge is -1.85. The van der Waals surface area contributed by atoms with Crippen molar-refractivity contribution in [2.45, 2.75) is 0 Å². The first-order chi connectivity index (χ1) is 3.31. The molecule has 0 aromatic rings. The van der Waals surface area contributed by atoms with Crippen LogP contribution >= 0.6 is 15.9 Å². The molecule has 0 unspecified atom stereocenters. The second-order valence-corrected chi connectivity index (χ2v) is 2.01. The zero-order valence-electron chi connectivity index (χ0n) is 3.76. The van der Waals surface area contributed by atoms with Crippen LogP contribution in [0.25, 0.3) is 0 Å². The van der Waals surface area contributed by atoms with E-state index < -0.39 is 0 Å². The highest BCUT2D eigenvalue weighted by atomic mass is 79.9. The Kier molecular flexibility index (Phi) is 4.39. The molecule has 0 bridgehead atoms. The maximum atomic E-state index is 8.24. The van der Waals surface area contributed by atoms with E-state index in [4.69, 9.17) is 10.2 Å². The standard InChI is InChI=1S/C4H7BrO2/c5-4(3-7)1-2-6/h1,6-7H,2-3H2. The van der Waals surface area contributed by atoms with Gasteiger partial charge in [0.2, 0.25) is 0 Å². The van der Waals surface area contributed by atoms with E-state index in [2.05, 4.69) is 15.9 Å². The SMILES string of the molecule is OCC=C(Br)CO. The smallest absolute Gasteiger partial charge is 0.0744 e. The lowest BCUT2D eigenvalue weighted by molar-refractivity contribution is 0.327. The van der Waals surface area contributed by atoms with Gasteiger partial charge in [0.15, 0.2) is 0 Å². The molecule has 2 nitrogen and oxygen atoms in total. The zero-order chi connectivity index (χ0) is 5.70. The number of aliphatic hydroxyl groups is 2. The molecule has 0 aliphatic carbocycles. The van der Waals surface area contributed by atoms with Gasteiger partial charge in [-0.2, -0.15) is 0 Å². The van der Waals surface area contributed by atoms with Crippen LogP contribution in [0.2, 0.25) is 0 Å². The molecule has 0 aliphatic heterocycles. The van der Waals surface area contributed by atoms with Crippen molar-refractivity contribution in [3.8, 4) is 0 Å². The van der Waals surface area contributed by atoms with Gasteiger partial charge in [0.25, 0.3) is 0 Å². The van der Waals surface area contributed by atoms with Crippen molar-refractivity contribution in [2.24, 2.45) is 0 Å². The van der Waals surface area contributed by atoms with Crippen LogP contribution in [-0.4, -0.2) is 23.4 Å². The Bertz CT molecular complexity index is 70.1. The van der Waals surface area contributed by atoms with Crippen LogP contribution in [0.4, 0.5) is 0 Å². The largest absolute Gasteiger partial charge is 0.392 e. The van der Waals surface area contributed by atoms with Gasteiger partial charge in [0, 0.05) is 4.48 Å². The normalized spacial score (nSPS) is 12.1. The molecule has 0 amide bonds. The first-order valence-corrected chi connectivity index (χ1v) is 2.66. The number of aliphatic hydroxyl groups excluding tert-OH is 2. The molecular formula is C4H7BrO2. The van der Waals surface area contributed by atoms with Crippen molar-refractivity contribution in [1.29, 1.82) is 0 Å². The van der Waals surface area contributed by atoms with Gasteiger partial charge in [-0.1, -0.05) is 15.9 Å². The molecule has 3 heteroatoms. The lowest BCUT2D eigenvalue weighted by atomic mass is 10.5. The summed E-state index contributed by atoms with van der Waals surface area (Å²) < 4.78 is 0.620. The Labute approximate surface area is 50.6 Å². The number of halogens is 1. The average Bonchev–Trinajstić information content (AvgIpc) is 1.68. The van der Waals surface area contributed by atoms with Crippen molar-refractivity contribution >= 4 is 15.9 Å². The third-order valence-corrected chi connectivity index (χ3v) is 1.04. The summed E-state index contributed by atoms with van der Waals surface area (Å²) in [7, 11) is 0. The molecule has 0 aromatic carbocycles.